The Bertz CT molecular complexity index is 1380. The number of nitrogens with zero attached hydrogens (tertiary/aromatic N) is 3. The number of piperidine rings is 1. The third-order valence-electron chi connectivity index (χ3n) is 6.93. The van der Waals surface area contributed by atoms with Crippen LogP contribution in [0.1, 0.15) is 47.9 Å². The van der Waals surface area contributed by atoms with Crippen LogP contribution in [0, 0.1) is 0 Å². The molecular weight excluding hydrogens is 496 g/mol. The van der Waals surface area contributed by atoms with Crippen molar-refractivity contribution in [1.29, 1.82) is 0 Å². The molecule has 3 atom stereocenters. The largest absolute Gasteiger partial charge is 0.393 e. The van der Waals surface area contributed by atoms with E-state index in [1.54, 1.807) is 24.4 Å². The molecule has 0 radical (unpaired) electrons. The zero-order valence-electron chi connectivity index (χ0n) is 19.2. The first-order valence-corrected chi connectivity index (χ1v) is 12.8. The molecule has 0 spiro atoms. The molecule has 2 aliphatic rings. The molecule has 1 fully saturated rings. The van der Waals surface area contributed by atoms with Crippen LogP contribution in [0.2, 0.25) is 0 Å². The number of halogens is 4. The lowest BCUT2D eigenvalue weighted by molar-refractivity contribution is -0.126. The first-order chi connectivity index (χ1) is 17.4. The second-order valence-corrected chi connectivity index (χ2v) is 10.4. The van der Waals surface area contributed by atoms with Crippen molar-refractivity contribution < 1.29 is 22.1 Å². The van der Waals surface area contributed by atoms with Gasteiger partial charge in [0.25, 0.3) is 0 Å². The van der Waals surface area contributed by atoms with Gasteiger partial charge in [-0.2, -0.15) is 23.3 Å². The number of benzene rings is 1. The van der Waals surface area contributed by atoms with E-state index in [9.17, 15) is 17.6 Å². The van der Waals surface area contributed by atoms with Gasteiger partial charge in [0.05, 0.1) is 45.5 Å². The van der Waals surface area contributed by atoms with E-state index < -0.39 is 24.8 Å². The van der Waals surface area contributed by atoms with Gasteiger partial charge in [-0.15, -0.1) is 11.3 Å². The molecule has 12 heteroatoms. The number of H-pyrrole nitrogens is 1. The predicted molar refractivity (Wildman–Crippen MR) is 128 cm³/mol. The first kappa shape index (κ1) is 23.4. The van der Waals surface area contributed by atoms with Gasteiger partial charge in [0, 0.05) is 6.54 Å². The van der Waals surface area contributed by atoms with Crippen molar-refractivity contribution in [2.24, 2.45) is 0 Å². The number of hydrogen-bond donors (Lipinski definition) is 3. The van der Waals surface area contributed by atoms with Crippen molar-refractivity contribution in [3.8, 4) is 10.7 Å². The lowest BCUT2D eigenvalue weighted by Gasteiger charge is -2.28. The second-order valence-electron chi connectivity index (χ2n) is 9.35. The lowest BCUT2D eigenvalue weighted by atomic mass is 9.88. The number of aromatic nitrogens is 4. The van der Waals surface area contributed by atoms with Crippen LogP contribution in [0.5, 0.6) is 0 Å². The highest BCUT2D eigenvalue weighted by Crippen LogP contribution is 2.44. The fraction of sp³-hybridized carbons (Fsp3) is 0.458. The van der Waals surface area contributed by atoms with Crippen LogP contribution in [0.4, 0.5) is 23.2 Å². The lowest BCUT2D eigenvalue weighted by Crippen LogP contribution is -2.45. The number of thiophene rings is 1. The molecule has 1 aromatic carbocycles. The molecule has 3 N–H and O–H groups in total. The van der Waals surface area contributed by atoms with E-state index in [1.807, 2.05) is 0 Å². The van der Waals surface area contributed by atoms with Gasteiger partial charge in [0.2, 0.25) is 11.7 Å². The standard InChI is InChI=1S/C24H24F4N6OS/c25-16-11-29-8-7-17(16)31-18-6-2-4-13-15(9-24(26,27)28)21(36-20(13)18)22-32-23(35-34-22)14-5-1-3-12-10-30-33-19(12)14/h2,4,6,10,14,16-17,29,31H,1,3,5,7-9,11H2,(H,30,33)/t14?,16-,17+/m0/s1. The SMILES string of the molecule is F[C@H]1CNCC[C@H]1Nc1cccc2c(CC(F)(F)F)c(-c3noc(C4CCCc5cn[nH]c54)n3)sc12. The van der Waals surface area contributed by atoms with E-state index in [2.05, 4.69) is 31.0 Å². The van der Waals surface area contributed by atoms with E-state index in [0.29, 0.717) is 39.5 Å². The zero-order valence-corrected chi connectivity index (χ0v) is 20.0. The summed E-state index contributed by atoms with van der Waals surface area (Å²) >= 11 is 1.18. The Balaban J connectivity index is 1.41. The molecule has 4 aromatic rings. The van der Waals surface area contributed by atoms with Crippen LogP contribution < -0.4 is 10.6 Å². The third kappa shape index (κ3) is 4.36. The topological polar surface area (TPSA) is 91.7 Å². The summed E-state index contributed by atoms with van der Waals surface area (Å²) in [7, 11) is 0. The predicted octanol–water partition coefficient (Wildman–Crippen LogP) is 5.36. The molecular formula is C24H24F4N6OS. The highest BCUT2D eigenvalue weighted by atomic mass is 32.1. The van der Waals surface area contributed by atoms with Crippen LogP contribution in [0.25, 0.3) is 20.8 Å². The summed E-state index contributed by atoms with van der Waals surface area (Å²) in [5.74, 6) is 0.323. The van der Waals surface area contributed by atoms with Gasteiger partial charge in [0.1, 0.15) is 6.17 Å². The Morgan fingerprint density at radius 1 is 1.22 bits per heavy atom. The molecule has 0 bridgehead atoms. The summed E-state index contributed by atoms with van der Waals surface area (Å²) in [6.07, 6.45) is -1.66. The van der Waals surface area contributed by atoms with Crippen LogP contribution in [-0.4, -0.2) is 51.8 Å². The Hall–Kier alpha value is -2.99. The van der Waals surface area contributed by atoms with Crippen LogP contribution in [0.3, 0.4) is 0 Å². The number of fused-ring (bicyclic) bond motifs is 2. The van der Waals surface area contributed by atoms with Crippen molar-refractivity contribution in [3.05, 3.63) is 47.1 Å². The van der Waals surface area contributed by atoms with Gasteiger partial charge < -0.3 is 15.2 Å². The molecule has 1 aliphatic heterocycles. The number of nitrogens with one attached hydrogen (secondary N) is 3. The summed E-state index contributed by atoms with van der Waals surface area (Å²) in [5.41, 5.74) is 2.72. The third-order valence-corrected chi connectivity index (χ3v) is 8.20. The smallest absolute Gasteiger partial charge is 0.378 e. The highest BCUT2D eigenvalue weighted by molar-refractivity contribution is 7.23. The highest BCUT2D eigenvalue weighted by Gasteiger charge is 2.34. The van der Waals surface area contributed by atoms with E-state index in [0.717, 1.165) is 30.5 Å². The number of anilines is 1. The number of alkyl halides is 4. The average molecular weight is 521 g/mol. The normalized spacial score (nSPS) is 22.6. The summed E-state index contributed by atoms with van der Waals surface area (Å²) in [6.45, 7) is 0.918. The molecule has 1 unspecified atom stereocenters. The monoisotopic (exact) mass is 520 g/mol. The van der Waals surface area contributed by atoms with Gasteiger partial charge in [-0.1, -0.05) is 17.3 Å². The molecule has 0 amide bonds. The van der Waals surface area contributed by atoms with E-state index in [1.165, 1.54) is 11.3 Å². The van der Waals surface area contributed by atoms with Crippen LogP contribution in [0.15, 0.2) is 28.9 Å². The Kier molecular flexibility index (Phi) is 5.95. The maximum Gasteiger partial charge on any atom is 0.393 e. The van der Waals surface area contributed by atoms with Crippen LogP contribution >= 0.6 is 11.3 Å². The summed E-state index contributed by atoms with van der Waals surface area (Å²) in [4.78, 5) is 4.87. The van der Waals surface area contributed by atoms with Crippen molar-refractivity contribution in [2.75, 3.05) is 18.4 Å². The Morgan fingerprint density at radius 2 is 2.11 bits per heavy atom. The van der Waals surface area contributed by atoms with Crippen LogP contribution in [-0.2, 0) is 12.8 Å². The Labute approximate surface area is 207 Å². The molecule has 1 saturated heterocycles. The van der Waals surface area contributed by atoms with Gasteiger partial charge in [-0.05, 0) is 54.8 Å². The fourth-order valence-corrected chi connectivity index (χ4v) is 6.42. The summed E-state index contributed by atoms with van der Waals surface area (Å²) in [5, 5.41) is 17.9. The van der Waals surface area contributed by atoms with Gasteiger partial charge >= 0.3 is 6.18 Å². The minimum atomic E-state index is -4.42. The molecule has 7 nitrogen and oxygen atoms in total. The average Bonchev–Trinajstić information content (AvgIpc) is 3.58. The van der Waals surface area contributed by atoms with E-state index in [4.69, 9.17) is 4.52 Å². The van der Waals surface area contributed by atoms with Gasteiger partial charge in [-0.25, -0.2) is 4.39 Å². The maximum absolute atomic E-state index is 14.5. The van der Waals surface area contributed by atoms with Crippen molar-refractivity contribution in [1.82, 2.24) is 25.7 Å². The van der Waals surface area contributed by atoms with Gasteiger partial charge in [-0.3, -0.25) is 5.10 Å². The minimum absolute atomic E-state index is 0.103. The second kappa shape index (κ2) is 9.15. The molecule has 36 heavy (non-hydrogen) atoms. The fourth-order valence-electron chi connectivity index (χ4n) is 5.20. The number of aryl methyl sites for hydroxylation is 1. The molecule has 6 rings (SSSR count). The number of aromatic amines is 1. The molecule has 3 aromatic heterocycles. The van der Waals surface area contributed by atoms with E-state index in [-0.39, 0.29) is 23.9 Å². The van der Waals surface area contributed by atoms with Crippen molar-refractivity contribution in [2.45, 2.75) is 56.4 Å². The van der Waals surface area contributed by atoms with Crippen molar-refractivity contribution >= 4 is 27.1 Å². The quantitative estimate of drug-likeness (QED) is 0.307. The molecule has 0 saturated carbocycles. The maximum atomic E-state index is 14.5. The number of rotatable bonds is 5. The molecule has 190 valence electrons. The molecule has 1 aliphatic carbocycles. The minimum Gasteiger partial charge on any atom is -0.378 e. The summed E-state index contributed by atoms with van der Waals surface area (Å²) < 4.78 is 61.6. The molecule has 4 heterocycles. The van der Waals surface area contributed by atoms with E-state index >= 15 is 0 Å². The first-order valence-electron chi connectivity index (χ1n) is 12.0. The Morgan fingerprint density at radius 3 is 2.94 bits per heavy atom. The van der Waals surface area contributed by atoms with Gasteiger partial charge in [0.15, 0.2) is 0 Å². The van der Waals surface area contributed by atoms with Crippen molar-refractivity contribution in [3.63, 3.8) is 0 Å². The number of hydrogen-bond acceptors (Lipinski definition) is 7. The zero-order chi connectivity index (χ0) is 24.9. The summed E-state index contributed by atoms with van der Waals surface area (Å²) in [6, 6.07) is 4.72.